The summed E-state index contributed by atoms with van der Waals surface area (Å²) in [5.41, 5.74) is 1.28. The first-order valence-electron chi connectivity index (χ1n) is 9.02. The Morgan fingerprint density at radius 2 is 1.38 bits per heavy atom. The minimum atomic E-state index is -1.16. The molecule has 29 heavy (non-hydrogen) atoms. The molecule has 1 aliphatic rings. The summed E-state index contributed by atoms with van der Waals surface area (Å²) in [6.07, 6.45) is 0.104. The highest BCUT2D eigenvalue weighted by Crippen LogP contribution is 2.27. The minimum Gasteiger partial charge on any atom is -0.425 e. The Hall–Kier alpha value is -3.80. The van der Waals surface area contributed by atoms with E-state index < -0.39 is 29.6 Å². The molecule has 0 radical (unpaired) electrons. The van der Waals surface area contributed by atoms with Crippen LogP contribution in [-0.2, 0) is 11.2 Å². The number of esters is 1. The maximum Gasteiger partial charge on any atom is 0.335 e. The van der Waals surface area contributed by atoms with Gasteiger partial charge in [-0.2, -0.15) is 0 Å². The molecule has 0 N–H and O–H groups in total. The number of amides is 2. The molecule has 6 heteroatoms. The third-order valence-electron chi connectivity index (χ3n) is 4.71. The molecule has 1 heterocycles. The van der Waals surface area contributed by atoms with Crippen LogP contribution in [-0.4, -0.2) is 28.7 Å². The minimum absolute atomic E-state index is 0.104. The lowest BCUT2D eigenvalue weighted by molar-refractivity contribution is -0.138. The molecule has 0 saturated carbocycles. The Morgan fingerprint density at radius 1 is 0.828 bits per heavy atom. The number of benzene rings is 3. The third-order valence-corrected chi connectivity index (χ3v) is 4.71. The Morgan fingerprint density at radius 3 is 1.97 bits per heavy atom. The van der Waals surface area contributed by atoms with Crippen molar-refractivity contribution in [3.63, 3.8) is 0 Å². The van der Waals surface area contributed by atoms with Crippen LogP contribution in [0.4, 0.5) is 4.39 Å². The van der Waals surface area contributed by atoms with Gasteiger partial charge in [0.05, 0.1) is 11.1 Å². The molecule has 0 bridgehead atoms. The second-order valence-electron chi connectivity index (χ2n) is 6.61. The summed E-state index contributed by atoms with van der Waals surface area (Å²) >= 11 is 0. The predicted octanol–water partition coefficient (Wildman–Crippen LogP) is 3.64. The van der Waals surface area contributed by atoms with E-state index in [1.165, 1.54) is 12.1 Å². The summed E-state index contributed by atoms with van der Waals surface area (Å²) in [6.45, 7) is 0. The molecule has 0 unspecified atom stereocenters. The second kappa shape index (κ2) is 7.67. The number of nitrogens with zero attached hydrogens (tertiary/aromatic N) is 1. The van der Waals surface area contributed by atoms with E-state index in [-0.39, 0.29) is 23.3 Å². The molecule has 3 aromatic carbocycles. The van der Waals surface area contributed by atoms with Crippen LogP contribution in [0.1, 0.15) is 26.3 Å². The summed E-state index contributed by atoms with van der Waals surface area (Å²) < 4.78 is 18.5. The van der Waals surface area contributed by atoms with E-state index in [0.29, 0.717) is 0 Å². The van der Waals surface area contributed by atoms with Crippen LogP contribution < -0.4 is 4.74 Å². The summed E-state index contributed by atoms with van der Waals surface area (Å²) in [7, 11) is 0. The van der Waals surface area contributed by atoms with Gasteiger partial charge in [0.1, 0.15) is 17.6 Å². The SMILES string of the molecule is O=C(Oc1ccc(F)cc1)[C@H](Cc1ccccc1)N1C(=O)c2ccccc2C1=O. The van der Waals surface area contributed by atoms with Gasteiger partial charge >= 0.3 is 5.97 Å². The van der Waals surface area contributed by atoms with Gasteiger partial charge in [-0.25, -0.2) is 9.18 Å². The van der Waals surface area contributed by atoms with Crippen LogP contribution in [0, 0.1) is 5.82 Å². The van der Waals surface area contributed by atoms with Crippen molar-refractivity contribution in [2.24, 2.45) is 0 Å². The number of imide groups is 1. The molecule has 2 amide bonds. The molecule has 0 fully saturated rings. The van der Waals surface area contributed by atoms with Crippen LogP contribution in [0.2, 0.25) is 0 Å². The first-order chi connectivity index (χ1) is 14.0. The van der Waals surface area contributed by atoms with Crippen LogP contribution >= 0.6 is 0 Å². The number of ether oxygens (including phenoxy) is 1. The molecule has 5 nitrogen and oxygen atoms in total. The highest BCUT2D eigenvalue weighted by molar-refractivity contribution is 6.22. The average molecular weight is 389 g/mol. The molecular formula is C23H16FNO4. The molecule has 3 aromatic rings. The van der Waals surface area contributed by atoms with Crippen LogP contribution in [0.3, 0.4) is 0 Å². The number of hydrogen-bond donors (Lipinski definition) is 0. The largest absolute Gasteiger partial charge is 0.425 e. The monoisotopic (exact) mass is 389 g/mol. The van der Waals surface area contributed by atoms with Crippen LogP contribution in [0.5, 0.6) is 5.75 Å². The first-order valence-corrected chi connectivity index (χ1v) is 9.02. The number of halogens is 1. The molecule has 1 atom stereocenters. The lowest BCUT2D eigenvalue weighted by Gasteiger charge is -2.24. The van der Waals surface area contributed by atoms with E-state index in [2.05, 4.69) is 0 Å². The van der Waals surface area contributed by atoms with E-state index >= 15 is 0 Å². The van der Waals surface area contributed by atoms with Crippen molar-refractivity contribution in [2.45, 2.75) is 12.5 Å². The number of rotatable bonds is 5. The maximum absolute atomic E-state index is 13.1. The summed E-state index contributed by atoms with van der Waals surface area (Å²) in [4.78, 5) is 39.7. The highest BCUT2D eigenvalue weighted by Gasteiger charge is 2.43. The quantitative estimate of drug-likeness (QED) is 0.380. The zero-order valence-corrected chi connectivity index (χ0v) is 15.2. The van der Waals surface area contributed by atoms with Gasteiger partial charge < -0.3 is 4.74 Å². The Bertz CT molecular complexity index is 1040. The predicted molar refractivity (Wildman–Crippen MR) is 103 cm³/mol. The molecule has 1 aliphatic heterocycles. The average Bonchev–Trinajstić information content (AvgIpc) is 2.99. The normalized spacial score (nSPS) is 13.9. The van der Waals surface area contributed by atoms with Gasteiger partial charge in [0.2, 0.25) is 0 Å². The maximum atomic E-state index is 13.1. The Labute approximate surface area is 166 Å². The Balaban J connectivity index is 1.67. The highest BCUT2D eigenvalue weighted by atomic mass is 19.1. The van der Waals surface area contributed by atoms with Crippen LogP contribution in [0.25, 0.3) is 0 Å². The van der Waals surface area contributed by atoms with E-state index in [0.717, 1.165) is 22.6 Å². The van der Waals surface area contributed by atoms with Crippen molar-refractivity contribution in [3.05, 3.63) is 101 Å². The molecule has 0 saturated heterocycles. The van der Waals surface area contributed by atoms with E-state index in [9.17, 15) is 18.8 Å². The molecule has 0 aromatic heterocycles. The number of hydrogen-bond acceptors (Lipinski definition) is 4. The van der Waals surface area contributed by atoms with Gasteiger partial charge in [-0.1, -0.05) is 42.5 Å². The van der Waals surface area contributed by atoms with Crippen molar-refractivity contribution in [3.8, 4) is 5.75 Å². The van der Waals surface area contributed by atoms with Crippen molar-refractivity contribution < 1.29 is 23.5 Å². The van der Waals surface area contributed by atoms with Crippen molar-refractivity contribution in [1.82, 2.24) is 4.90 Å². The second-order valence-corrected chi connectivity index (χ2v) is 6.61. The lowest BCUT2D eigenvalue weighted by atomic mass is 10.0. The molecular weight excluding hydrogens is 373 g/mol. The number of carbonyl (C=O) groups excluding carboxylic acids is 3. The Kier molecular flexibility index (Phi) is 4.91. The van der Waals surface area contributed by atoms with E-state index in [1.54, 1.807) is 48.5 Å². The van der Waals surface area contributed by atoms with Gasteiger partial charge in [-0.15, -0.1) is 0 Å². The fourth-order valence-corrected chi connectivity index (χ4v) is 3.30. The molecule has 4 rings (SSSR count). The topological polar surface area (TPSA) is 63.7 Å². The molecule has 0 aliphatic carbocycles. The zero-order valence-electron chi connectivity index (χ0n) is 15.2. The molecule has 0 spiro atoms. The first kappa shape index (κ1) is 18.6. The van der Waals surface area contributed by atoms with E-state index in [4.69, 9.17) is 4.74 Å². The fraction of sp³-hybridized carbons (Fsp3) is 0.0870. The number of carbonyl (C=O) groups is 3. The molecule has 144 valence electrons. The third kappa shape index (κ3) is 3.65. The van der Waals surface area contributed by atoms with Gasteiger partial charge in [-0.05, 0) is 42.0 Å². The van der Waals surface area contributed by atoms with Crippen LogP contribution in [0.15, 0.2) is 78.9 Å². The van der Waals surface area contributed by atoms with Gasteiger partial charge in [0, 0.05) is 6.42 Å². The van der Waals surface area contributed by atoms with Crippen molar-refractivity contribution in [1.29, 1.82) is 0 Å². The lowest BCUT2D eigenvalue weighted by Crippen LogP contribution is -2.48. The number of fused-ring (bicyclic) bond motifs is 1. The van der Waals surface area contributed by atoms with Crippen molar-refractivity contribution in [2.75, 3.05) is 0 Å². The smallest absolute Gasteiger partial charge is 0.335 e. The zero-order chi connectivity index (χ0) is 20.4. The van der Waals surface area contributed by atoms with Crippen molar-refractivity contribution >= 4 is 17.8 Å². The van der Waals surface area contributed by atoms with Gasteiger partial charge in [0.15, 0.2) is 0 Å². The summed E-state index contributed by atoms with van der Waals surface area (Å²) in [5, 5.41) is 0. The van der Waals surface area contributed by atoms with Gasteiger partial charge in [-0.3, -0.25) is 14.5 Å². The summed E-state index contributed by atoms with van der Waals surface area (Å²) in [6, 6.07) is 19.3. The van der Waals surface area contributed by atoms with E-state index in [1.807, 2.05) is 6.07 Å². The summed E-state index contributed by atoms with van der Waals surface area (Å²) in [5.74, 6) is -2.18. The standard InChI is InChI=1S/C23H16FNO4/c24-16-10-12-17(13-11-16)29-23(28)20(14-15-6-2-1-3-7-15)25-21(26)18-8-4-5-9-19(18)22(25)27/h1-13,20H,14H2/t20-/m0/s1. The fourth-order valence-electron chi connectivity index (χ4n) is 3.30. The van der Waals surface area contributed by atoms with Gasteiger partial charge in [0.25, 0.3) is 11.8 Å².